The van der Waals surface area contributed by atoms with Gasteiger partial charge in [-0.05, 0) is 33.6 Å². The molecule has 0 aromatic rings. The third kappa shape index (κ3) is 3.85. The molecule has 1 fully saturated rings. The third-order valence-corrected chi connectivity index (χ3v) is 3.37. The average molecular weight is 285 g/mol. The van der Waals surface area contributed by atoms with Crippen molar-refractivity contribution in [2.24, 2.45) is 22.7 Å². The molecule has 0 saturated carbocycles. The van der Waals surface area contributed by atoms with Gasteiger partial charge in [0, 0.05) is 13.1 Å². The summed E-state index contributed by atoms with van der Waals surface area (Å²) in [6.45, 7) is 12.6. The first-order valence-electron chi connectivity index (χ1n) is 6.95. The lowest BCUT2D eigenvalue weighted by molar-refractivity contribution is -0.189. The van der Waals surface area contributed by atoms with Crippen LogP contribution >= 0.6 is 0 Å². The minimum absolute atomic E-state index is 0.0348. The van der Waals surface area contributed by atoms with Gasteiger partial charge in [0.25, 0.3) is 0 Å². The van der Waals surface area contributed by atoms with E-state index < -0.39 is 17.1 Å². The molecular weight excluding hydrogens is 258 g/mol. The maximum atomic E-state index is 12.7. The fraction of sp³-hybridized carbons (Fsp3) is 0.857. The highest BCUT2D eigenvalue weighted by atomic mass is 16.5. The van der Waals surface area contributed by atoms with Crippen molar-refractivity contribution in [3.63, 3.8) is 0 Å². The minimum Gasteiger partial charge on any atom is -0.409 e. The summed E-state index contributed by atoms with van der Waals surface area (Å²) in [5.41, 5.74) is 4.86. The van der Waals surface area contributed by atoms with Crippen molar-refractivity contribution in [1.29, 1.82) is 0 Å². The monoisotopic (exact) mass is 285 g/mol. The molecule has 1 heterocycles. The van der Waals surface area contributed by atoms with Crippen molar-refractivity contribution in [1.82, 2.24) is 4.90 Å². The maximum Gasteiger partial charge on any atom is 0.233 e. The summed E-state index contributed by atoms with van der Waals surface area (Å²) in [7, 11) is 0. The van der Waals surface area contributed by atoms with E-state index in [2.05, 4.69) is 5.16 Å². The molecule has 6 heteroatoms. The molecule has 1 amide bonds. The predicted octanol–water partition coefficient (Wildman–Crippen LogP) is 1.42. The molecule has 1 rings (SSSR count). The van der Waals surface area contributed by atoms with Crippen LogP contribution < -0.4 is 5.73 Å². The fourth-order valence-electron chi connectivity index (χ4n) is 2.96. The zero-order valence-electron chi connectivity index (χ0n) is 13.3. The number of hydrogen-bond donors (Lipinski definition) is 2. The van der Waals surface area contributed by atoms with Crippen LogP contribution in [-0.4, -0.2) is 46.1 Å². The molecule has 6 nitrogen and oxygen atoms in total. The number of ether oxygens (including phenoxy) is 1. The van der Waals surface area contributed by atoms with Crippen LogP contribution in [0.4, 0.5) is 0 Å². The lowest BCUT2D eigenvalue weighted by atomic mass is 9.90. The Balaban J connectivity index is 3.00. The summed E-state index contributed by atoms with van der Waals surface area (Å²) in [4.78, 5) is 14.5. The third-order valence-electron chi connectivity index (χ3n) is 3.37. The van der Waals surface area contributed by atoms with Gasteiger partial charge in [0.15, 0.2) is 5.84 Å². The van der Waals surface area contributed by atoms with Crippen molar-refractivity contribution in [3.05, 3.63) is 0 Å². The summed E-state index contributed by atoms with van der Waals surface area (Å²) in [5.74, 6) is -0.788. The molecule has 1 saturated heterocycles. The van der Waals surface area contributed by atoms with Gasteiger partial charge in [0.1, 0.15) is 5.92 Å². The maximum absolute atomic E-state index is 12.7. The topological polar surface area (TPSA) is 88.2 Å². The molecule has 0 radical (unpaired) electrons. The summed E-state index contributed by atoms with van der Waals surface area (Å²) in [6, 6.07) is 0. The van der Waals surface area contributed by atoms with E-state index in [4.69, 9.17) is 15.7 Å². The smallest absolute Gasteiger partial charge is 0.233 e. The van der Waals surface area contributed by atoms with Crippen LogP contribution in [0.25, 0.3) is 0 Å². The number of rotatable bonds is 3. The lowest BCUT2D eigenvalue weighted by Gasteiger charge is -2.48. The summed E-state index contributed by atoms with van der Waals surface area (Å²) >= 11 is 0. The second-order valence-electron chi connectivity index (χ2n) is 7.06. The summed E-state index contributed by atoms with van der Waals surface area (Å²) < 4.78 is 5.96. The Hall–Kier alpha value is -1.30. The van der Waals surface area contributed by atoms with Gasteiger partial charge >= 0.3 is 0 Å². The van der Waals surface area contributed by atoms with E-state index in [-0.39, 0.29) is 17.7 Å². The van der Waals surface area contributed by atoms with E-state index in [1.807, 2.05) is 41.5 Å². The zero-order valence-corrected chi connectivity index (χ0v) is 13.3. The van der Waals surface area contributed by atoms with Crippen LogP contribution in [0.3, 0.4) is 0 Å². The van der Waals surface area contributed by atoms with Gasteiger partial charge in [0.2, 0.25) is 5.91 Å². The number of nitrogens with zero attached hydrogens (tertiary/aromatic N) is 2. The van der Waals surface area contributed by atoms with E-state index in [9.17, 15) is 4.79 Å². The summed E-state index contributed by atoms with van der Waals surface area (Å²) in [6.07, 6.45) is 0. The molecule has 20 heavy (non-hydrogen) atoms. The van der Waals surface area contributed by atoms with Crippen molar-refractivity contribution >= 4 is 11.7 Å². The molecule has 0 aromatic heterocycles. The van der Waals surface area contributed by atoms with Gasteiger partial charge in [-0.1, -0.05) is 19.0 Å². The Bertz CT molecular complexity index is 386. The number of amides is 1. The molecule has 3 N–H and O–H groups in total. The van der Waals surface area contributed by atoms with E-state index >= 15 is 0 Å². The van der Waals surface area contributed by atoms with Crippen LogP contribution in [0.5, 0.6) is 0 Å². The van der Waals surface area contributed by atoms with E-state index in [0.29, 0.717) is 13.1 Å². The highest BCUT2D eigenvalue weighted by molar-refractivity contribution is 6.02. The number of hydrogen-bond acceptors (Lipinski definition) is 4. The second-order valence-corrected chi connectivity index (χ2v) is 7.06. The standard InChI is InChI=1S/C14H27N3O3/c1-9(2)10(11(15)16-19)12(18)17-7-13(3,4)20-14(5,6)8-17/h9-10,19H,7-8H2,1-6H3,(H2,15,16). The van der Waals surface area contributed by atoms with E-state index in [1.165, 1.54) is 0 Å². The Labute approximate surface area is 120 Å². The van der Waals surface area contributed by atoms with E-state index in [1.54, 1.807) is 4.90 Å². The Morgan fingerprint density at radius 3 is 2.05 bits per heavy atom. The van der Waals surface area contributed by atoms with Gasteiger partial charge < -0.3 is 20.6 Å². The average Bonchev–Trinajstić information content (AvgIpc) is 2.24. The highest BCUT2D eigenvalue weighted by Gasteiger charge is 2.42. The van der Waals surface area contributed by atoms with Crippen LogP contribution in [0, 0.1) is 11.8 Å². The highest BCUT2D eigenvalue weighted by Crippen LogP contribution is 2.29. The van der Waals surface area contributed by atoms with Crippen molar-refractivity contribution in [2.45, 2.75) is 52.7 Å². The molecule has 0 bridgehead atoms. The number of oxime groups is 1. The van der Waals surface area contributed by atoms with Crippen molar-refractivity contribution < 1.29 is 14.7 Å². The first-order valence-corrected chi connectivity index (χ1v) is 6.95. The van der Waals surface area contributed by atoms with Gasteiger partial charge in [-0.2, -0.15) is 0 Å². The minimum atomic E-state index is -0.607. The van der Waals surface area contributed by atoms with Gasteiger partial charge in [0.05, 0.1) is 11.2 Å². The van der Waals surface area contributed by atoms with Crippen LogP contribution in [-0.2, 0) is 9.53 Å². The van der Waals surface area contributed by atoms with Crippen LogP contribution in [0.1, 0.15) is 41.5 Å². The van der Waals surface area contributed by atoms with Gasteiger partial charge in [-0.25, -0.2) is 0 Å². The first kappa shape index (κ1) is 16.8. The lowest BCUT2D eigenvalue weighted by Crippen LogP contribution is -2.60. The number of carbonyl (C=O) groups is 1. The van der Waals surface area contributed by atoms with Gasteiger partial charge in [-0.15, -0.1) is 0 Å². The molecule has 0 spiro atoms. The fourth-order valence-corrected chi connectivity index (χ4v) is 2.96. The normalized spacial score (nSPS) is 23.8. The first-order chi connectivity index (χ1) is 8.99. The van der Waals surface area contributed by atoms with Crippen molar-refractivity contribution in [2.75, 3.05) is 13.1 Å². The largest absolute Gasteiger partial charge is 0.409 e. The number of nitrogens with two attached hydrogens (primary N) is 1. The molecule has 1 unspecified atom stereocenters. The molecule has 1 atom stereocenters. The molecule has 1 aliphatic heterocycles. The SMILES string of the molecule is CC(C)C(C(=O)N1CC(C)(C)OC(C)(C)C1)C(N)=NO. The quantitative estimate of drug-likeness (QED) is 0.355. The Kier molecular flexibility index (Phi) is 4.69. The second kappa shape index (κ2) is 5.60. The number of carbonyl (C=O) groups excluding carboxylic acids is 1. The molecule has 116 valence electrons. The van der Waals surface area contributed by atoms with Crippen molar-refractivity contribution in [3.8, 4) is 0 Å². The number of amidine groups is 1. The molecule has 0 aromatic carbocycles. The van der Waals surface area contributed by atoms with Crippen LogP contribution in [0.15, 0.2) is 5.16 Å². The predicted molar refractivity (Wildman–Crippen MR) is 77.6 cm³/mol. The van der Waals surface area contributed by atoms with E-state index in [0.717, 1.165) is 0 Å². The van der Waals surface area contributed by atoms with Crippen LogP contribution in [0.2, 0.25) is 0 Å². The summed E-state index contributed by atoms with van der Waals surface area (Å²) in [5, 5.41) is 11.9. The number of morpholine rings is 1. The molecule has 1 aliphatic rings. The zero-order chi connectivity index (χ0) is 15.7. The Morgan fingerprint density at radius 1 is 1.25 bits per heavy atom. The van der Waals surface area contributed by atoms with Gasteiger partial charge in [-0.3, -0.25) is 4.79 Å². The molecular formula is C14H27N3O3. The molecule has 0 aliphatic carbocycles. The Morgan fingerprint density at radius 2 is 1.70 bits per heavy atom.